The second-order valence-corrected chi connectivity index (χ2v) is 5.52. The summed E-state index contributed by atoms with van der Waals surface area (Å²) in [7, 11) is 0. The summed E-state index contributed by atoms with van der Waals surface area (Å²) in [5.41, 5.74) is 5.40. The van der Waals surface area contributed by atoms with E-state index in [1.807, 2.05) is 0 Å². The first kappa shape index (κ1) is 21.2. The SMILES string of the molecule is CC[C@H](C)[C@H](NC(=O)[C@H](CS)NC(=O)[C@@H](N)CC(=O)O)C(=O)O. The summed E-state index contributed by atoms with van der Waals surface area (Å²) in [5.74, 6) is -4.37. The minimum Gasteiger partial charge on any atom is -0.481 e. The molecule has 23 heavy (non-hydrogen) atoms. The third kappa shape index (κ3) is 7.33. The Kier molecular flexibility index (Phi) is 9.27. The second-order valence-electron chi connectivity index (χ2n) is 5.16. The molecule has 132 valence electrons. The highest BCUT2D eigenvalue weighted by Crippen LogP contribution is 2.08. The molecule has 0 saturated carbocycles. The Morgan fingerprint density at radius 2 is 1.70 bits per heavy atom. The molecule has 0 aromatic carbocycles. The van der Waals surface area contributed by atoms with Gasteiger partial charge in [-0.05, 0) is 5.92 Å². The monoisotopic (exact) mass is 349 g/mol. The second kappa shape index (κ2) is 10.1. The van der Waals surface area contributed by atoms with Gasteiger partial charge in [-0.3, -0.25) is 14.4 Å². The molecule has 9 nitrogen and oxygen atoms in total. The fraction of sp³-hybridized carbons (Fsp3) is 0.692. The van der Waals surface area contributed by atoms with Crippen molar-refractivity contribution in [1.82, 2.24) is 10.6 Å². The summed E-state index contributed by atoms with van der Waals surface area (Å²) in [6.45, 7) is 3.46. The quantitative estimate of drug-likeness (QED) is 0.271. The summed E-state index contributed by atoms with van der Waals surface area (Å²) in [6, 6.07) is -3.52. The number of hydrogen-bond acceptors (Lipinski definition) is 6. The Morgan fingerprint density at radius 3 is 2.09 bits per heavy atom. The molecule has 0 aromatic heterocycles. The number of thiol groups is 1. The lowest BCUT2D eigenvalue weighted by Crippen LogP contribution is -2.56. The molecule has 10 heteroatoms. The highest BCUT2D eigenvalue weighted by Gasteiger charge is 2.30. The summed E-state index contributed by atoms with van der Waals surface area (Å²) >= 11 is 3.94. The fourth-order valence-corrected chi connectivity index (χ4v) is 1.95. The van der Waals surface area contributed by atoms with Crippen molar-refractivity contribution in [3.8, 4) is 0 Å². The minimum absolute atomic E-state index is 0.0930. The molecule has 0 bridgehead atoms. The molecule has 0 aromatic rings. The van der Waals surface area contributed by atoms with Gasteiger partial charge in [-0.15, -0.1) is 0 Å². The number of hydrogen-bond donors (Lipinski definition) is 6. The van der Waals surface area contributed by atoms with Gasteiger partial charge in [0, 0.05) is 5.75 Å². The lowest BCUT2D eigenvalue weighted by Gasteiger charge is -2.24. The average Bonchev–Trinajstić information content (AvgIpc) is 2.47. The normalized spacial score (nSPS) is 15.8. The molecule has 0 aliphatic rings. The van der Waals surface area contributed by atoms with Gasteiger partial charge >= 0.3 is 11.9 Å². The summed E-state index contributed by atoms with van der Waals surface area (Å²) in [4.78, 5) is 45.5. The summed E-state index contributed by atoms with van der Waals surface area (Å²) in [6.07, 6.45) is -0.0456. The van der Waals surface area contributed by atoms with Gasteiger partial charge in [0.25, 0.3) is 0 Å². The van der Waals surface area contributed by atoms with Gasteiger partial charge in [0.2, 0.25) is 11.8 Å². The van der Waals surface area contributed by atoms with E-state index in [-0.39, 0.29) is 11.7 Å². The molecule has 0 saturated heterocycles. The number of carboxylic acids is 2. The smallest absolute Gasteiger partial charge is 0.326 e. The van der Waals surface area contributed by atoms with Crippen molar-refractivity contribution in [2.24, 2.45) is 11.7 Å². The molecule has 0 aliphatic heterocycles. The van der Waals surface area contributed by atoms with Crippen LogP contribution in [-0.4, -0.2) is 57.8 Å². The third-order valence-corrected chi connectivity index (χ3v) is 3.69. The predicted octanol–water partition coefficient (Wildman–Crippen LogP) is -1.18. The van der Waals surface area contributed by atoms with E-state index in [2.05, 4.69) is 23.3 Å². The van der Waals surface area contributed by atoms with Gasteiger partial charge in [-0.25, -0.2) is 4.79 Å². The van der Waals surface area contributed by atoms with Gasteiger partial charge in [0.05, 0.1) is 12.5 Å². The van der Waals surface area contributed by atoms with E-state index in [4.69, 9.17) is 15.9 Å². The predicted molar refractivity (Wildman–Crippen MR) is 85.0 cm³/mol. The topological polar surface area (TPSA) is 159 Å². The maximum absolute atomic E-state index is 12.1. The van der Waals surface area contributed by atoms with E-state index in [9.17, 15) is 19.2 Å². The Labute approximate surface area is 139 Å². The first-order valence-electron chi connectivity index (χ1n) is 7.05. The number of nitrogens with one attached hydrogen (secondary N) is 2. The van der Waals surface area contributed by atoms with Crippen LogP contribution in [0.5, 0.6) is 0 Å². The summed E-state index contributed by atoms with van der Waals surface area (Å²) in [5, 5.41) is 22.3. The standard InChI is InChI=1S/C13H23N3O6S/c1-3-6(2)10(13(21)22)16-12(20)8(5-23)15-11(19)7(14)4-9(17)18/h6-8,10,23H,3-5,14H2,1-2H3,(H,15,19)(H,16,20)(H,17,18)(H,21,22)/t6-,7-,8-,10-/m0/s1. The van der Waals surface area contributed by atoms with Crippen LogP contribution in [0.4, 0.5) is 0 Å². The highest BCUT2D eigenvalue weighted by atomic mass is 32.1. The number of aliphatic carboxylic acids is 2. The average molecular weight is 349 g/mol. The van der Waals surface area contributed by atoms with Crippen molar-refractivity contribution in [3.05, 3.63) is 0 Å². The van der Waals surface area contributed by atoms with Crippen LogP contribution in [0, 0.1) is 5.92 Å². The molecule has 0 aliphatic carbocycles. The van der Waals surface area contributed by atoms with E-state index in [1.54, 1.807) is 13.8 Å². The first-order chi connectivity index (χ1) is 10.6. The van der Waals surface area contributed by atoms with Gasteiger partial charge in [-0.1, -0.05) is 20.3 Å². The van der Waals surface area contributed by atoms with Crippen molar-refractivity contribution in [1.29, 1.82) is 0 Å². The maximum Gasteiger partial charge on any atom is 0.326 e. The van der Waals surface area contributed by atoms with Gasteiger partial charge in [0.15, 0.2) is 0 Å². The summed E-state index contributed by atoms with van der Waals surface area (Å²) < 4.78 is 0. The lowest BCUT2D eigenvalue weighted by atomic mass is 9.99. The van der Waals surface area contributed by atoms with Crippen LogP contribution in [0.15, 0.2) is 0 Å². The molecule has 0 spiro atoms. The minimum atomic E-state index is -1.31. The molecule has 0 radical (unpaired) electrons. The van der Waals surface area contributed by atoms with Crippen LogP contribution in [-0.2, 0) is 19.2 Å². The first-order valence-corrected chi connectivity index (χ1v) is 7.69. The van der Waals surface area contributed by atoms with Crippen LogP contribution in [0.3, 0.4) is 0 Å². The van der Waals surface area contributed by atoms with Gasteiger partial charge < -0.3 is 26.6 Å². The molecular weight excluding hydrogens is 326 g/mol. The Morgan fingerprint density at radius 1 is 1.13 bits per heavy atom. The molecule has 2 amide bonds. The van der Waals surface area contributed by atoms with E-state index in [1.165, 1.54) is 0 Å². The third-order valence-electron chi connectivity index (χ3n) is 3.32. The zero-order chi connectivity index (χ0) is 18.2. The van der Waals surface area contributed by atoms with Crippen molar-refractivity contribution in [3.63, 3.8) is 0 Å². The van der Waals surface area contributed by atoms with Crippen molar-refractivity contribution in [2.45, 2.75) is 44.8 Å². The number of carboxylic acid groups (broad SMARTS) is 2. The molecule has 4 atom stereocenters. The largest absolute Gasteiger partial charge is 0.481 e. The Bertz CT molecular complexity index is 459. The van der Waals surface area contributed by atoms with E-state index in [0.717, 1.165) is 0 Å². The number of nitrogens with two attached hydrogens (primary N) is 1. The van der Waals surface area contributed by atoms with Crippen LogP contribution in [0.2, 0.25) is 0 Å². The number of rotatable bonds is 10. The number of amides is 2. The van der Waals surface area contributed by atoms with Crippen LogP contribution in [0.25, 0.3) is 0 Å². The van der Waals surface area contributed by atoms with E-state index < -0.39 is 48.3 Å². The number of carbonyl (C=O) groups is 4. The fourth-order valence-electron chi connectivity index (χ4n) is 1.69. The van der Waals surface area contributed by atoms with Crippen molar-refractivity contribution in [2.75, 3.05) is 5.75 Å². The zero-order valence-corrected chi connectivity index (χ0v) is 13.9. The highest BCUT2D eigenvalue weighted by molar-refractivity contribution is 7.80. The van der Waals surface area contributed by atoms with Crippen LogP contribution >= 0.6 is 12.6 Å². The van der Waals surface area contributed by atoms with Crippen LogP contribution < -0.4 is 16.4 Å². The molecular formula is C13H23N3O6S. The number of carbonyl (C=O) groups excluding carboxylic acids is 2. The Hall–Kier alpha value is -1.81. The van der Waals surface area contributed by atoms with Gasteiger partial charge in [0.1, 0.15) is 12.1 Å². The van der Waals surface area contributed by atoms with E-state index in [0.29, 0.717) is 6.42 Å². The lowest BCUT2D eigenvalue weighted by molar-refractivity contribution is -0.144. The molecule has 0 fully saturated rings. The zero-order valence-electron chi connectivity index (χ0n) is 13.0. The van der Waals surface area contributed by atoms with Crippen molar-refractivity contribution >= 4 is 36.4 Å². The van der Waals surface area contributed by atoms with Gasteiger partial charge in [-0.2, -0.15) is 12.6 Å². The Balaban J connectivity index is 4.82. The van der Waals surface area contributed by atoms with E-state index >= 15 is 0 Å². The van der Waals surface area contributed by atoms with Crippen molar-refractivity contribution < 1.29 is 29.4 Å². The molecule has 0 rings (SSSR count). The molecule has 0 heterocycles. The molecule has 0 unspecified atom stereocenters. The molecule has 6 N–H and O–H groups in total. The van der Waals surface area contributed by atoms with Crippen LogP contribution in [0.1, 0.15) is 26.7 Å². The maximum atomic E-state index is 12.1.